The quantitative estimate of drug-likeness (QED) is 0.178. The zero-order valence-electron chi connectivity index (χ0n) is 20.7. The second-order valence-electron chi connectivity index (χ2n) is 10.1. The van der Waals surface area contributed by atoms with Gasteiger partial charge < -0.3 is 10.2 Å². The van der Waals surface area contributed by atoms with Crippen LogP contribution in [0.4, 0.5) is 0 Å². The molecule has 0 saturated carbocycles. The summed E-state index contributed by atoms with van der Waals surface area (Å²) in [4.78, 5) is 2.06. The number of hydrogen-bond donors (Lipinski definition) is 1. The minimum absolute atomic E-state index is 0.188. The molecule has 0 radical (unpaired) electrons. The first-order chi connectivity index (χ1) is 14.8. The van der Waals surface area contributed by atoms with E-state index >= 15 is 0 Å². The summed E-state index contributed by atoms with van der Waals surface area (Å²) < 4.78 is 23.5. The first-order valence-electron chi connectivity index (χ1n) is 13.0. The monoisotopic (exact) mass is 474 g/mol. The van der Waals surface area contributed by atoms with E-state index in [1.807, 2.05) is 14.0 Å². The predicted octanol–water partition coefficient (Wildman–Crippen LogP) is 6.63. The Labute approximate surface area is 199 Å². The molecule has 0 bridgehead atoms. The average Bonchev–Trinajstić information content (AvgIpc) is 2.99. The molecule has 1 unspecified atom stereocenters. The Morgan fingerprint density at radius 2 is 1.26 bits per heavy atom. The number of nitrogens with zero attached hydrogens (tertiary/aromatic N) is 1. The zero-order chi connectivity index (χ0) is 23.0. The molecule has 0 amide bonds. The number of hydrogen-bond acceptors (Lipinski definition) is 3. The fraction of sp³-hybridized carbons (Fsp3) is 0.960. The van der Waals surface area contributed by atoms with Crippen LogP contribution in [0.25, 0.3) is 0 Å². The van der Waals surface area contributed by atoms with Crippen LogP contribution in [-0.2, 0) is 9.84 Å². The SMILES string of the molecule is CCCCCCCCCCCCCCCCCCN(C)C(=S)NC1(C)CCS(=O)(=O)C1. The molecule has 4 nitrogen and oxygen atoms in total. The van der Waals surface area contributed by atoms with Gasteiger partial charge in [0.05, 0.1) is 17.0 Å². The molecule has 1 fully saturated rings. The molecule has 31 heavy (non-hydrogen) atoms. The van der Waals surface area contributed by atoms with Crippen LogP contribution in [-0.4, -0.2) is 49.1 Å². The van der Waals surface area contributed by atoms with E-state index < -0.39 is 15.4 Å². The van der Waals surface area contributed by atoms with Crippen LogP contribution in [0, 0.1) is 0 Å². The van der Waals surface area contributed by atoms with E-state index in [-0.39, 0.29) is 11.5 Å². The van der Waals surface area contributed by atoms with E-state index in [0.717, 1.165) is 13.0 Å². The van der Waals surface area contributed by atoms with E-state index in [2.05, 4.69) is 17.1 Å². The molecular formula is C25H50N2O2S2. The Balaban J connectivity index is 1.89. The largest absolute Gasteiger partial charge is 0.356 e. The molecule has 1 heterocycles. The molecule has 1 atom stereocenters. The van der Waals surface area contributed by atoms with Gasteiger partial charge in [-0.3, -0.25) is 0 Å². The van der Waals surface area contributed by atoms with Crippen molar-refractivity contribution in [2.24, 2.45) is 0 Å². The van der Waals surface area contributed by atoms with Crippen LogP contribution in [0.3, 0.4) is 0 Å². The van der Waals surface area contributed by atoms with Crippen molar-refractivity contribution < 1.29 is 8.42 Å². The highest BCUT2D eigenvalue weighted by Gasteiger charge is 2.39. The van der Waals surface area contributed by atoms with Crippen molar-refractivity contribution in [3.8, 4) is 0 Å². The molecule has 6 heteroatoms. The van der Waals surface area contributed by atoms with Gasteiger partial charge in [-0.15, -0.1) is 0 Å². The van der Waals surface area contributed by atoms with E-state index in [9.17, 15) is 8.42 Å². The standard InChI is InChI=1S/C25H50N2O2S2/c1-4-5-6-7-8-9-10-11-12-13-14-15-16-17-18-19-21-27(3)24(30)26-25(2)20-22-31(28,29)23-25/h4-23H2,1-3H3,(H,26,30). The zero-order valence-corrected chi connectivity index (χ0v) is 22.4. The summed E-state index contributed by atoms with van der Waals surface area (Å²) in [7, 11) is -0.903. The lowest BCUT2D eigenvalue weighted by molar-refractivity contribution is 0.411. The average molecular weight is 475 g/mol. The van der Waals surface area contributed by atoms with Crippen LogP contribution in [0.2, 0.25) is 0 Å². The third-order valence-corrected chi connectivity index (χ3v) is 8.92. The fourth-order valence-electron chi connectivity index (χ4n) is 4.46. The molecule has 0 aromatic carbocycles. The first-order valence-corrected chi connectivity index (χ1v) is 15.2. The van der Waals surface area contributed by atoms with Crippen molar-refractivity contribution in [1.29, 1.82) is 0 Å². The van der Waals surface area contributed by atoms with Gasteiger partial charge in [-0.25, -0.2) is 8.42 Å². The summed E-state index contributed by atoms with van der Waals surface area (Å²) in [5.74, 6) is 0.453. The van der Waals surface area contributed by atoms with Crippen LogP contribution < -0.4 is 5.32 Å². The van der Waals surface area contributed by atoms with Gasteiger partial charge in [-0.2, -0.15) is 0 Å². The first kappa shape index (κ1) is 28.7. The normalized spacial score (nSPS) is 20.1. The molecule has 0 aliphatic carbocycles. The Morgan fingerprint density at radius 3 is 1.65 bits per heavy atom. The van der Waals surface area contributed by atoms with Gasteiger partial charge >= 0.3 is 0 Å². The summed E-state index contributed by atoms with van der Waals surface area (Å²) in [5.41, 5.74) is -0.404. The van der Waals surface area contributed by atoms with E-state index in [1.165, 1.54) is 96.3 Å². The van der Waals surface area contributed by atoms with Crippen molar-refractivity contribution in [2.75, 3.05) is 25.1 Å². The predicted molar refractivity (Wildman–Crippen MR) is 140 cm³/mol. The number of unbranched alkanes of at least 4 members (excludes halogenated alkanes) is 15. The maximum absolute atomic E-state index is 11.7. The maximum Gasteiger partial charge on any atom is 0.169 e. The van der Waals surface area contributed by atoms with Crippen LogP contribution in [0.1, 0.15) is 123 Å². The van der Waals surface area contributed by atoms with Gasteiger partial charge in [0, 0.05) is 13.6 Å². The fourth-order valence-corrected chi connectivity index (χ4v) is 6.89. The molecule has 0 spiro atoms. The van der Waals surface area contributed by atoms with E-state index in [1.54, 1.807) is 0 Å². The molecule has 1 rings (SSSR count). The van der Waals surface area contributed by atoms with Gasteiger partial charge in [0.15, 0.2) is 14.9 Å². The maximum atomic E-state index is 11.7. The molecule has 1 N–H and O–H groups in total. The molecular weight excluding hydrogens is 424 g/mol. The van der Waals surface area contributed by atoms with Crippen LogP contribution in [0.15, 0.2) is 0 Å². The van der Waals surface area contributed by atoms with Gasteiger partial charge in [0.2, 0.25) is 0 Å². The number of nitrogens with one attached hydrogen (secondary N) is 1. The Kier molecular flexibility index (Phi) is 15.1. The van der Waals surface area contributed by atoms with Crippen molar-refractivity contribution in [1.82, 2.24) is 10.2 Å². The number of rotatable bonds is 18. The lowest BCUT2D eigenvalue weighted by Crippen LogP contribution is -2.51. The smallest absolute Gasteiger partial charge is 0.169 e. The van der Waals surface area contributed by atoms with Crippen LogP contribution in [0.5, 0.6) is 0 Å². The van der Waals surface area contributed by atoms with Crippen LogP contribution >= 0.6 is 12.2 Å². The van der Waals surface area contributed by atoms with Gasteiger partial charge in [-0.05, 0) is 32.0 Å². The molecule has 1 aliphatic rings. The second-order valence-corrected chi connectivity index (χ2v) is 12.6. The summed E-state index contributed by atoms with van der Waals surface area (Å²) in [5, 5.41) is 3.97. The summed E-state index contributed by atoms with van der Waals surface area (Å²) in [6.45, 7) is 5.18. The molecule has 0 aromatic rings. The third-order valence-electron chi connectivity index (χ3n) is 6.61. The highest BCUT2D eigenvalue weighted by atomic mass is 32.2. The number of sulfone groups is 1. The van der Waals surface area contributed by atoms with E-state index in [0.29, 0.717) is 11.5 Å². The van der Waals surface area contributed by atoms with Gasteiger partial charge in [0.1, 0.15) is 0 Å². The topological polar surface area (TPSA) is 49.4 Å². The van der Waals surface area contributed by atoms with Crippen molar-refractivity contribution in [2.45, 2.75) is 129 Å². The molecule has 184 valence electrons. The van der Waals surface area contributed by atoms with Crippen molar-refractivity contribution in [3.05, 3.63) is 0 Å². The third kappa shape index (κ3) is 14.4. The lowest BCUT2D eigenvalue weighted by Gasteiger charge is -2.30. The Hall–Kier alpha value is -0.360. The molecule has 1 saturated heterocycles. The molecule has 1 aliphatic heterocycles. The number of thiocarbonyl (C=S) groups is 1. The summed E-state index contributed by atoms with van der Waals surface area (Å²) in [6.07, 6.45) is 22.7. The highest BCUT2D eigenvalue weighted by Crippen LogP contribution is 2.23. The highest BCUT2D eigenvalue weighted by molar-refractivity contribution is 7.91. The van der Waals surface area contributed by atoms with Crippen molar-refractivity contribution in [3.63, 3.8) is 0 Å². The summed E-state index contributed by atoms with van der Waals surface area (Å²) >= 11 is 5.49. The minimum atomic E-state index is -2.91. The molecule has 0 aromatic heterocycles. The second kappa shape index (κ2) is 16.3. The lowest BCUT2D eigenvalue weighted by atomic mass is 10.0. The summed E-state index contributed by atoms with van der Waals surface area (Å²) in [6, 6.07) is 0. The van der Waals surface area contributed by atoms with E-state index in [4.69, 9.17) is 12.2 Å². The Bertz CT molecular complexity index is 580. The minimum Gasteiger partial charge on any atom is -0.356 e. The Morgan fingerprint density at radius 1 is 0.839 bits per heavy atom. The van der Waals surface area contributed by atoms with Gasteiger partial charge in [0.25, 0.3) is 0 Å². The van der Waals surface area contributed by atoms with Crippen molar-refractivity contribution >= 4 is 27.2 Å². The van der Waals surface area contributed by atoms with Gasteiger partial charge in [-0.1, -0.05) is 103 Å².